The molecule has 154 valence electrons. The Hall–Kier alpha value is -2.12. The standard InChI is InChI=1S/C21H31N3O4/c1-14-10-23(11-15(2)27-14)20(25)19-7-5-18(6-8-19)9-22-21(26)24-12-16(3)28-17(4)13-24/h5-8,14-17H,9-13H2,1-4H3,(H,22,26). The molecule has 0 spiro atoms. The van der Waals surface area contributed by atoms with Gasteiger partial charge in [0.2, 0.25) is 0 Å². The van der Waals surface area contributed by atoms with E-state index in [1.165, 1.54) is 0 Å². The van der Waals surface area contributed by atoms with Crippen molar-refractivity contribution in [3.8, 4) is 0 Å². The summed E-state index contributed by atoms with van der Waals surface area (Å²) in [5.74, 6) is 0.0221. The number of nitrogens with one attached hydrogen (secondary N) is 1. The third-order valence-electron chi connectivity index (χ3n) is 5.06. The Labute approximate surface area is 167 Å². The fraction of sp³-hybridized carbons (Fsp3) is 0.619. The van der Waals surface area contributed by atoms with Crippen molar-refractivity contribution in [1.82, 2.24) is 15.1 Å². The van der Waals surface area contributed by atoms with Crippen LogP contribution >= 0.6 is 0 Å². The van der Waals surface area contributed by atoms with Crippen LogP contribution < -0.4 is 5.32 Å². The van der Waals surface area contributed by atoms with Crippen LogP contribution in [0.5, 0.6) is 0 Å². The zero-order chi connectivity index (χ0) is 20.3. The summed E-state index contributed by atoms with van der Waals surface area (Å²) < 4.78 is 11.4. The minimum atomic E-state index is -0.0848. The number of hydrogen-bond donors (Lipinski definition) is 1. The molecule has 2 saturated heterocycles. The molecule has 28 heavy (non-hydrogen) atoms. The molecule has 1 N–H and O–H groups in total. The third-order valence-corrected chi connectivity index (χ3v) is 5.06. The topological polar surface area (TPSA) is 71.1 Å². The number of carbonyl (C=O) groups excluding carboxylic acids is 2. The van der Waals surface area contributed by atoms with Crippen LogP contribution in [0.2, 0.25) is 0 Å². The van der Waals surface area contributed by atoms with Gasteiger partial charge in [0.15, 0.2) is 0 Å². The average Bonchev–Trinajstić information content (AvgIpc) is 2.64. The van der Waals surface area contributed by atoms with E-state index in [2.05, 4.69) is 5.32 Å². The molecule has 3 rings (SSSR count). The molecule has 2 heterocycles. The maximum atomic E-state index is 12.7. The van der Waals surface area contributed by atoms with Crippen LogP contribution in [0.1, 0.15) is 43.6 Å². The normalized spacial score (nSPS) is 28.1. The Kier molecular flexibility index (Phi) is 6.57. The summed E-state index contributed by atoms with van der Waals surface area (Å²) in [5.41, 5.74) is 1.62. The Morgan fingerprint density at radius 2 is 1.32 bits per heavy atom. The molecule has 7 heteroatoms. The van der Waals surface area contributed by atoms with Crippen LogP contribution in [0.4, 0.5) is 4.79 Å². The number of rotatable bonds is 3. The number of ether oxygens (including phenoxy) is 2. The van der Waals surface area contributed by atoms with Gasteiger partial charge in [0, 0.05) is 38.3 Å². The van der Waals surface area contributed by atoms with Crippen molar-refractivity contribution in [2.24, 2.45) is 0 Å². The lowest BCUT2D eigenvalue weighted by Crippen LogP contribution is -2.51. The van der Waals surface area contributed by atoms with E-state index in [4.69, 9.17) is 9.47 Å². The summed E-state index contributed by atoms with van der Waals surface area (Å²) in [4.78, 5) is 28.7. The molecule has 4 unspecified atom stereocenters. The smallest absolute Gasteiger partial charge is 0.317 e. The first kappa shape index (κ1) is 20.6. The summed E-state index contributed by atoms with van der Waals surface area (Å²) >= 11 is 0. The lowest BCUT2D eigenvalue weighted by atomic mass is 10.1. The lowest BCUT2D eigenvalue weighted by Gasteiger charge is -2.35. The maximum absolute atomic E-state index is 12.7. The molecular weight excluding hydrogens is 358 g/mol. The second kappa shape index (κ2) is 8.92. The van der Waals surface area contributed by atoms with E-state index in [0.717, 1.165) is 5.56 Å². The van der Waals surface area contributed by atoms with Crippen LogP contribution in [0.25, 0.3) is 0 Å². The first-order chi connectivity index (χ1) is 13.3. The minimum Gasteiger partial charge on any atom is -0.372 e. The lowest BCUT2D eigenvalue weighted by molar-refractivity contribution is -0.0586. The van der Waals surface area contributed by atoms with Crippen LogP contribution in [0.3, 0.4) is 0 Å². The number of morpholine rings is 2. The van der Waals surface area contributed by atoms with Crippen molar-refractivity contribution in [1.29, 1.82) is 0 Å². The number of hydrogen-bond acceptors (Lipinski definition) is 4. The van der Waals surface area contributed by atoms with E-state index in [9.17, 15) is 9.59 Å². The second-order valence-electron chi connectivity index (χ2n) is 7.99. The highest BCUT2D eigenvalue weighted by Crippen LogP contribution is 2.15. The van der Waals surface area contributed by atoms with Crippen LogP contribution in [-0.4, -0.2) is 72.3 Å². The molecule has 0 aliphatic carbocycles. The van der Waals surface area contributed by atoms with Gasteiger partial charge in [-0.1, -0.05) is 12.1 Å². The highest BCUT2D eigenvalue weighted by molar-refractivity contribution is 5.94. The summed E-state index contributed by atoms with van der Waals surface area (Å²) in [6.07, 6.45) is 0.191. The monoisotopic (exact) mass is 389 g/mol. The van der Waals surface area contributed by atoms with Crippen molar-refractivity contribution in [3.05, 3.63) is 35.4 Å². The summed E-state index contributed by atoms with van der Waals surface area (Å²) in [5, 5.41) is 2.95. The van der Waals surface area contributed by atoms with Gasteiger partial charge in [-0.3, -0.25) is 4.79 Å². The Morgan fingerprint density at radius 1 is 0.857 bits per heavy atom. The van der Waals surface area contributed by atoms with E-state index >= 15 is 0 Å². The first-order valence-electron chi connectivity index (χ1n) is 10.0. The number of carbonyl (C=O) groups is 2. The van der Waals surface area contributed by atoms with Gasteiger partial charge in [0.05, 0.1) is 24.4 Å². The molecule has 7 nitrogen and oxygen atoms in total. The fourth-order valence-corrected chi connectivity index (χ4v) is 3.92. The zero-order valence-electron chi connectivity index (χ0n) is 17.2. The van der Waals surface area contributed by atoms with Crippen molar-refractivity contribution < 1.29 is 19.1 Å². The molecule has 0 aromatic heterocycles. The zero-order valence-corrected chi connectivity index (χ0v) is 17.2. The number of urea groups is 1. The molecule has 2 aliphatic heterocycles. The van der Waals surface area contributed by atoms with Gasteiger partial charge < -0.3 is 24.6 Å². The summed E-state index contributed by atoms with van der Waals surface area (Å²) in [7, 11) is 0. The van der Waals surface area contributed by atoms with E-state index in [0.29, 0.717) is 38.3 Å². The van der Waals surface area contributed by atoms with Crippen molar-refractivity contribution >= 4 is 11.9 Å². The third kappa shape index (κ3) is 5.23. The van der Waals surface area contributed by atoms with Crippen LogP contribution in [0, 0.1) is 0 Å². The molecule has 1 aromatic rings. The van der Waals surface area contributed by atoms with E-state index < -0.39 is 0 Å². The number of nitrogens with zero attached hydrogens (tertiary/aromatic N) is 2. The summed E-state index contributed by atoms with van der Waals surface area (Å²) in [6, 6.07) is 7.36. The molecule has 3 amide bonds. The average molecular weight is 389 g/mol. The largest absolute Gasteiger partial charge is 0.372 e. The van der Waals surface area contributed by atoms with E-state index in [-0.39, 0.29) is 36.4 Å². The quantitative estimate of drug-likeness (QED) is 0.861. The molecule has 0 saturated carbocycles. The summed E-state index contributed by atoms with van der Waals surface area (Å²) in [6.45, 7) is 10.8. The molecule has 2 aliphatic rings. The second-order valence-corrected chi connectivity index (χ2v) is 7.99. The predicted molar refractivity (Wildman–Crippen MR) is 106 cm³/mol. The molecule has 1 aromatic carbocycles. The highest BCUT2D eigenvalue weighted by atomic mass is 16.5. The Morgan fingerprint density at radius 3 is 1.82 bits per heavy atom. The Balaban J connectivity index is 1.53. The number of amides is 3. The first-order valence-corrected chi connectivity index (χ1v) is 10.0. The van der Waals surface area contributed by atoms with Crippen molar-refractivity contribution in [2.45, 2.75) is 58.7 Å². The molecular formula is C21H31N3O4. The SMILES string of the molecule is CC1CN(C(=O)NCc2ccc(C(=O)N3CC(C)OC(C)C3)cc2)CC(C)O1. The minimum absolute atomic E-state index is 0.0221. The van der Waals surface area contributed by atoms with Gasteiger partial charge >= 0.3 is 6.03 Å². The Bertz CT molecular complexity index is 673. The van der Waals surface area contributed by atoms with Gasteiger partial charge in [-0.2, -0.15) is 0 Å². The van der Waals surface area contributed by atoms with Gasteiger partial charge in [-0.05, 0) is 45.4 Å². The van der Waals surface area contributed by atoms with Gasteiger partial charge in [-0.15, -0.1) is 0 Å². The van der Waals surface area contributed by atoms with Crippen molar-refractivity contribution in [2.75, 3.05) is 26.2 Å². The van der Waals surface area contributed by atoms with E-state index in [1.54, 1.807) is 4.90 Å². The van der Waals surface area contributed by atoms with Gasteiger partial charge in [0.1, 0.15) is 0 Å². The molecule has 0 radical (unpaired) electrons. The molecule has 2 fully saturated rings. The molecule has 0 bridgehead atoms. The van der Waals surface area contributed by atoms with Gasteiger partial charge in [-0.25, -0.2) is 4.79 Å². The highest BCUT2D eigenvalue weighted by Gasteiger charge is 2.27. The number of benzene rings is 1. The maximum Gasteiger partial charge on any atom is 0.317 e. The van der Waals surface area contributed by atoms with Crippen LogP contribution in [-0.2, 0) is 16.0 Å². The molecule has 4 atom stereocenters. The van der Waals surface area contributed by atoms with Gasteiger partial charge in [0.25, 0.3) is 5.91 Å². The fourth-order valence-electron chi connectivity index (χ4n) is 3.92. The van der Waals surface area contributed by atoms with Crippen LogP contribution in [0.15, 0.2) is 24.3 Å². The predicted octanol–water partition coefficient (Wildman–Crippen LogP) is 2.25. The van der Waals surface area contributed by atoms with E-state index in [1.807, 2.05) is 56.9 Å². The van der Waals surface area contributed by atoms with Crippen molar-refractivity contribution in [3.63, 3.8) is 0 Å².